The second kappa shape index (κ2) is 7.45. The van der Waals surface area contributed by atoms with E-state index in [1.165, 1.54) is 0 Å². The van der Waals surface area contributed by atoms with E-state index in [0.29, 0.717) is 11.3 Å². The van der Waals surface area contributed by atoms with Gasteiger partial charge in [0.2, 0.25) is 5.91 Å². The van der Waals surface area contributed by atoms with Crippen molar-refractivity contribution in [1.29, 1.82) is 5.26 Å². The summed E-state index contributed by atoms with van der Waals surface area (Å²) >= 11 is 0. The monoisotopic (exact) mass is 341 g/mol. The molecule has 25 heavy (non-hydrogen) atoms. The van der Waals surface area contributed by atoms with Gasteiger partial charge in [-0.3, -0.25) is 4.79 Å². The van der Waals surface area contributed by atoms with Gasteiger partial charge in [0, 0.05) is 24.2 Å². The van der Waals surface area contributed by atoms with Gasteiger partial charge in [-0.05, 0) is 50.3 Å². The number of anilines is 2. The number of nitrogens with zero attached hydrogens (tertiary/aromatic N) is 2. The number of benzene rings is 1. The largest absolute Gasteiger partial charge is 0.393 e. The fourth-order valence-electron chi connectivity index (χ4n) is 4.14. The van der Waals surface area contributed by atoms with E-state index in [4.69, 9.17) is 0 Å². The number of carbonyl (C=O) groups is 1. The molecule has 2 N–H and O–H groups in total. The summed E-state index contributed by atoms with van der Waals surface area (Å²) in [7, 11) is 0. The van der Waals surface area contributed by atoms with Crippen LogP contribution < -0.4 is 10.2 Å². The molecule has 1 saturated carbocycles. The third-order valence-corrected chi connectivity index (χ3v) is 5.90. The highest BCUT2D eigenvalue weighted by atomic mass is 16.3. The Hall–Kier alpha value is -2.06. The summed E-state index contributed by atoms with van der Waals surface area (Å²) < 4.78 is 0. The van der Waals surface area contributed by atoms with Crippen LogP contribution in [0.25, 0.3) is 0 Å². The number of nitriles is 1. The van der Waals surface area contributed by atoms with Crippen LogP contribution >= 0.6 is 0 Å². The van der Waals surface area contributed by atoms with Gasteiger partial charge >= 0.3 is 0 Å². The zero-order valence-corrected chi connectivity index (χ0v) is 14.9. The first-order valence-corrected chi connectivity index (χ1v) is 9.36. The van der Waals surface area contributed by atoms with Crippen molar-refractivity contribution in [3.63, 3.8) is 0 Å². The van der Waals surface area contributed by atoms with Crippen molar-refractivity contribution in [2.45, 2.75) is 58.0 Å². The first kappa shape index (κ1) is 17.8. The number of carbonyl (C=O) groups excluding carboxylic acids is 1. The Labute approximate surface area is 149 Å². The van der Waals surface area contributed by atoms with Crippen LogP contribution in [0.4, 0.5) is 11.4 Å². The average molecular weight is 341 g/mol. The Bertz CT molecular complexity index is 666. The number of aliphatic hydroxyl groups excluding tert-OH is 1. The molecule has 1 amide bonds. The first-order valence-electron chi connectivity index (χ1n) is 9.36. The molecule has 1 aromatic rings. The van der Waals surface area contributed by atoms with Gasteiger partial charge in [-0.25, -0.2) is 0 Å². The molecule has 2 fully saturated rings. The number of hydrogen-bond donors (Lipinski definition) is 2. The zero-order chi connectivity index (χ0) is 17.9. The number of rotatable bonds is 4. The van der Waals surface area contributed by atoms with Gasteiger partial charge in [-0.15, -0.1) is 0 Å². The number of hydrogen-bond acceptors (Lipinski definition) is 4. The highest BCUT2D eigenvalue weighted by molar-refractivity contribution is 5.96. The summed E-state index contributed by atoms with van der Waals surface area (Å²) in [6.45, 7) is 3.58. The Morgan fingerprint density at radius 3 is 2.64 bits per heavy atom. The van der Waals surface area contributed by atoms with Crippen LogP contribution in [0.1, 0.15) is 57.4 Å². The molecule has 0 atom stereocenters. The summed E-state index contributed by atoms with van der Waals surface area (Å²) in [5, 5.41) is 22.2. The molecule has 1 saturated heterocycles. The van der Waals surface area contributed by atoms with E-state index < -0.39 is 0 Å². The van der Waals surface area contributed by atoms with E-state index in [-0.39, 0.29) is 17.4 Å². The minimum absolute atomic E-state index is 0.0882. The van der Waals surface area contributed by atoms with Gasteiger partial charge in [0.25, 0.3) is 0 Å². The molecule has 5 nitrogen and oxygen atoms in total. The molecule has 0 unspecified atom stereocenters. The normalized spacial score (nSPS) is 20.3. The highest BCUT2D eigenvalue weighted by Gasteiger charge is 2.39. The third kappa shape index (κ3) is 3.64. The van der Waals surface area contributed by atoms with E-state index in [9.17, 15) is 15.2 Å². The molecule has 0 bridgehead atoms. The van der Waals surface area contributed by atoms with Crippen molar-refractivity contribution in [3.05, 3.63) is 23.8 Å². The van der Waals surface area contributed by atoms with E-state index in [0.717, 1.165) is 63.7 Å². The van der Waals surface area contributed by atoms with Crippen molar-refractivity contribution >= 4 is 17.3 Å². The summed E-state index contributed by atoms with van der Waals surface area (Å²) in [6.07, 6.45) is 6.21. The summed E-state index contributed by atoms with van der Waals surface area (Å²) in [6, 6.07) is 7.83. The summed E-state index contributed by atoms with van der Waals surface area (Å²) in [4.78, 5) is 14.9. The maximum Gasteiger partial charge on any atom is 0.230 e. The molecule has 2 aliphatic rings. The van der Waals surface area contributed by atoms with Crippen molar-refractivity contribution in [2.75, 3.05) is 23.3 Å². The fraction of sp³-hybridized carbons (Fsp3) is 0.600. The molecule has 1 aliphatic carbocycles. The van der Waals surface area contributed by atoms with Crippen LogP contribution in [0.3, 0.4) is 0 Å². The quantitative estimate of drug-likeness (QED) is 0.880. The molecule has 134 valence electrons. The highest BCUT2D eigenvalue weighted by Crippen LogP contribution is 2.42. The van der Waals surface area contributed by atoms with E-state index in [1.807, 2.05) is 12.1 Å². The Morgan fingerprint density at radius 2 is 2.04 bits per heavy atom. The predicted molar refractivity (Wildman–Crippen MR) is 98.4 cm³/mol. The van der Waals surface area contributed by atoms with E-state index in [1.54, 1.807) is 6.07 Å². The van der Waals surface area contributed by atoms with Gasteiger partial charge in [0.15, 0.2) is 0 Å². The lowest BCUT2D eigenvalue weighted by Gasteiger charge is -2.32. The summed E-state index contributed by atoms with van der Waals surface area (Å²) in [5.41, 5.74) is 1.92. The smallest absolute Gasteiger partial charge is 0.230 e. The molecular weight excluding hydrogens is 314 g/mol. The molecule has 1 aromatic carbocycles. The van der Waals surface area contributed by atoms with Gasteiger partial charge in [0.05, 0.1) is 17.4 Å². The average Bonchev–Trinajstić information content (AvgIpc) is 3.13. The van der Waals surface area contributed by atoms with Crippen molar-refractivity contribution in [2.24, 2.45) is 5.41 Å². The fourth-order valence-corrected chi connectivity index (χ4v) is 4.14. The second-order valence-corrected chi connectivity index (χ2v) is 7.36. The maximum atomic E-state index is 12.8. The van der Waals surface area contributed by atoms with Crippen LogP contribution in [0, 0.1) is 16.7 Å². The lowest BCUT2D eigenvalue weighted by atomic mass is 9.82. The molecule has 3 rings (SSSR count). The maximum absolute atomic E-state index is 12.8. The van der Waals surface area contributed by atoms with Crippen LogP contribution in [0.5, 0.6) is 0 Å². The van der Waals surface area contributed by atoms with Crippen molar-refractivity contribution in [3.8, 4) is 6.07 Å². The van der Waals surface area contributed by atoms with E-state index >= 15 is 0 Å². The summed E-state index contributed by atoms with van der Waals surface area (Å²) in [5.74, 6) is 0.0882. The number of nitrogens with one attached hydrogen (secondary N) is 1. The molecule has 5 heteroatoms. The van der Waals surface area contributed by atoms with Gasteiger partial charge in [-0.1, -0.05) is 19.8 Å². The van der Waals surface area contributed by atoms with Crippen molar-refractivity contribution in [1.82, 2.24) is 0 Å². The zero-order valence-electron chi connectivity index (χ0n) is 14.9. The van der Waals surface area contributed by atoms with Gasteiger partial charge in [0.1, 0.15) is 6.07 Å². The molecule has 1 aliphatic heterocycles. The van der Waals surface area contributed by atoms with Gasteiger partial charge in [-0.2, -0.15) is 5.26 Å². The number of amides is 1. The molecular formula is C20H27N3O2. The van der Waals surface area contributed by atoms with Gasteiger partial charge < -0.3 is 15.3 Å². The minimum Gasteiger partial charge on any atom is -0.393 e. The second-order valence-electron chi connectivity index (χ2n) is 7.36. The Kier molecular flexibility index (Phi) is 5.29. The van der Waals surface area contributed by atoms with Crippen LogP contribution in [-0.2, 0) is 4.79 Å². The molecule has 0 radical (unpaired) electrons. The Morgan fingerprint density at radius 1 is 1.36 bits per heavy atom. The molecule has 0 spiro atoms. The first-order chi connectivity index (χ1) is 12.1. The third-order valence-electron chi connectivity index (χ3n) is 5.90. The number of aliphatic hydroxyl groups is 1. The SMILES string of the molecule is CCC1(C(=O)Nc2ccc(N3CCC(O)CC3)c(C#N)c2)CCCC1. The standard InChI is InChI=1S/C20H27N3O2/c1-2-20(9-3-4-10-20)19(25)22-16-5-6-18(15(13-16)14-21)23-11-7-17(24)8-12-23/h5-6,13,17,24H,2-4,7-12H2,1H3,(H,22,25). The molecule has 1 heterocycles. The molecule has 0 aromatic heterocycles. The Balaban J connectivity index is 1.75. The van der Waals surface area contributed by atoms with Crippen LogP contribution in [0.15, 0.2) is 18.2 Å². The van der Waals surface area contributed by atoms with E-state index in [2.05, 4.69) is 23.2 Å². The lowest BCUT2D eigenvalue weighted by Crippen LogP contribution is -2.36. The number of piperidine rings is 1. The topological polar surface area (TPSA) is 76.4 Å². The predicted octanol–water partition coefficient (Wildman–Crippen LogP) is 3.43. The van der Waals surface area contributed by atoms with Crippen molar-refractivity contribution < 1.29 is 9.90 Å². The lowest BCUT2D eigenvalue weighted by molar-refractivity contribution is -0.125. The van der Waals surface area contributed by atoms with Crippen LogP contribution in [-0.4, -0.2) is 30.2 Å². The van der Waals surface area contributed by atoms with Crippen LogP contribution in [0.2, 0.25) is 0 Å². The minimum atomic E-state index is -0.242.